The molecule has 0 aliphatic heterocycles. The molecule has 23 heavy (non-hydrogen) atoms. The first-order valence-electron chi connectivity index (χ1n) is 7.82. The first kappa shape index (κ1) is 16.1. The van der Waals surface area contributed by atoms with Crippen LogP contribution in [0.2, 0.25) is 0 Å². The third-order valence-corrected chi connectivity index (χ3v) is 4.56. The minimum atomic E-state index is -0.559. The van der Waals surface area contributed by atoms with Crippen molar-refractivity contribution >= 4 is 11.8 Å². The number of benzene rings is 1. The van der Waals surface area contributed by atoms with Gasteiger partial charge in [0, 0.05) is 11.8 Å². The lowest BCUT2D eigenvalue weighted by molar-refractivity contribution is 0.126. The van der Waals surface area contributed by atoms with E-state index in [4.69, 9.17) is 9.47 Å². The molecule has 1 aliphatic rings. The molecule has 1 saturated carbocycles. The zero-order valence-electron chi connectivity index (χ0n) is 13.1. The van der Waals surface area contributed by atoms with Gasteiger partial charge in [-0.15, -0.1) is 10.2 Å². The van der Waals surface area contributed by atoms with Gasteiger partial charge in [-0.05, 0) is 44.0 Å². The van der Waals surface area contributed by atoms with Crippen molar-refractivity contribution in [2.24, 2.45) is 0 Å². The average Bonchev–Trinajstić information content (AvgIpc) is 3.31. The second kappa shape index (κ2) is 7.70. The molecule has 1 unspecified atom stereocenters. The lowest BCUT2D eigenvalue weighted by Gasteiger charge is -2.12. The first-order chi connectivity index (χ1) is 11.3. The number of aromatic nitrogens is 3. The minimum absolute atomic E-state index is 0.249. The summed E-state index contributed by atoms with van der Waals surface area (Å²) in [5, 5.41) is 19.0. The third kappa shape index (κ3) is 4.62. The standard InChI is InChI=1S/C16H21N3O3S/c1-2-21-14-5-7-15(8-6-14)22-9-13(20)10-23-16-18-17-11-19(16)12-3-4-12/h5-8,11-13,20H,2-4,9-10H2,1H3. The van der Waals surface area contributed by atoms with Gasteiger partial charge >= 0.3 is 0 Å². The van der Waals surface area contributed by atoms with Gasteiger partial charge < -0.3 is 19.1 Å². The van der Waals surface area contributed by atoms with E-state index in [2.05, 4.69) is 14.8 Å². The fourth-order valence-electron chi connectivity index (χ4n) is 2.15. The van der Waals surface area contributed by atoms with E-state index in [1.54, 1.807) is 6.33 Å². The van der Waals surface area contributed by atoms with Crippen LogP contribution in [-0.2, 0) is 0 Å². The highest BCUT2D eigenvalue weighted by atomic mass is 32.2. The highest BCUT2D eigenvalue weighted by molar-refractivity contribution is 7.99. The minimum Gasteiger partial charge on any atom is -0.494 e. The van der Waals surface area contributed by atoms with Gasteiger partial charge in [-0.25, -0.2) is 0 Å². The monoisotopic (exact) mass is 335 g/mol. The Hall–Kier alpha value is -1.73. The number of hydrogen-bond acceptors (Lipinski definition) is 6. The summed E-state index contributed by atoms with van der Waals surface area (Å²) < 4.78 is 13.1. The highest BCUT2D eigenvalue weighted by Crippen LogP contribution is 2.37. The molecule has 3 rings (SSSR count). The van der Waals surface area contributed by atoms with E-state index in [-0.39, 0.29) is 6.61 Å². The zero-order chi connectivity index (χ0) is 16.1. The summed E-state index contributed by atoms with van der Waals surface area (Å²) in [6.07, 6.45) is 3.59. The van der Waals surface area contributed by atoms with Gasteiger partial charge in [0.1, 0.15) is 24.4 Å². The Bertz CT molecular complexity index is 613. The van der Waals surface area contributed by atoms with Crippen molar-refractivity contribution in [1.29, 1.82) is 0 Å². The van der Waals surface area contributed by atoms with Gasteiger partial charge in [0.2, 0.25) is 0 Å². The van der Waals surface area contributed by atoms with Crippen molar-refractivity contribution in [2.45, 2.75) is 37.1 Å². The Balaban J connectivity index is 1.42. The van der Waals surface area contributed by atoms with E-state index in [1.807, 2.05) is 31.2 Å². The van der Waals surface area contributed by atoms with Crippen LogP contribution in [0.5, 0.6) is 11.5 Å². The lowest BCUT2D eigenvalue weighted by Crippen LogP contribution is -2.20. The van der Waals surface area contributed by atoms with Crippen molar-refractivity contribution in [1.82, 2.24) is 14.8 Å². The molecule has 1 fully saturated rings. The molecular weight excluding hydrogens is 314 g/mol. The number of ether oxygens (including phenoxy) is 2. The van der Waals surface area contributed by atoms with E-state index in [1.165, 1.54) is 24.6 Å². The molecule has 0 saturated heterocycles. The Morgan fingerprint density at radius 3 is 2.61 bits per heavy atom. The van der Waals surface area contributed by atoms with Crippen LogP contribution in [0.25, 0.3) is 0 Å². The van der Waals surface area contributed by atoms with E-state index in [9.17, 15) is 5.11 Å². The van der Waals surface area contributed by atoms with Gasteiger partial charge in [-0.2, -0.15) is 0 Å². The number of aliphatic hydroxyl groups is 1. The van der Waals surface area contributed by atoms with Crippen LogP contribution < -0.4 is 9.47 Å². The molecule has 1 atom stereocenters. The summed E-state index contributed by atoms with van der Waals surface area (Å²) in [5.74, 6) is 2.07. The van der Waals surface area contributed by atoms with Gasteiger partial charge in [-0.3, -0.25) is 0 Å². The van der Waals surface area contributed by atoms with Gasteiger partial charge in [0.25, 0.3) is 0 Å². The normalized spacial score (nSPS) is 15.4. The van der Waals surface area contributed by atoms with Crippen LogP contribution >= 0.6 is 11.8 Å². The van der Waals surface area contributed by atoms with Crippen LogP contribution in [0, 0.1) is 0 Å². The molecule has 1 aromatic carbocycles. The second-order valence-electron chi connectivity index (χ2n) is 5.43. The van der Waals surface area contributed by atoms with Gasteiger partial charge in [0.15, 0.2) is 5.16 Å². The molecule has 0 radical (unpaired) electrons. The molecular formula is C16H21N3O3S. The molecule has 124 valence electrons. The molecule has 0 spiro atoms. The third-order valence-electron chi connectivity index (χ3n) is 3.46. The van der Waals surface area contributed by atoms with E-state index in [0.29, 0.717) is 18.4 Å². The topological polar surface area (TPSA) is 69.4 Å². The van der Waals surface area contributed by atoms with Crippen LogP contribution in [-0.4, -0.2) is 44.9 Å². The quantitative estimate of drug-likeness (QED) is 0.710. The van der Waals surface area contributed by atoms with E-state index >= 15 is 0 Å². The number of thioether (sulfide) groups is 1. The molecule has 0 amide bonds. The van der Waals surface area contributed by atoms with Crippen molar-refractivity contribution < 1.29 is 14.6 Å². The SMILES string of the molecule is CCOc1ccc(OCC(O)CSc2nncn2C2CC2)cc1. The Kier molecular flexibility index (Phi) is 5.40. The lowest BCUT2D eigenvalue weighted by atomic mass is 10.3. The average molecular weight is 335 g/mol. The second-order valence-corrected chi connectivity index (χ2v) is 6.42. The summed E-state index contributed by atoms with van der Waals surface area (Å²) >= 11 is 1.51. The molecule has 6 nitrogen and oxygen atoms in total. The Morgan fingerprint density at radius 2 is 1.96 bits per heavy atom. The molecule has 2 aromatic rings. The molecule has 1 N–H and O–H groups in total. The largest absolute Gasteiger partial charge is 0.494 e. The number of hydrogen-bond donors (Lipinski definition) is 1. The summed E-state index contributed by atoms with van der Waals surface area (Å²) in [4.78, 5) is 0. The zero-order valence-corrected chi connectivity index (χ0v) is 13.9. The number of rotatable bonds is 9. The van der Waals surface area contributed by atoms with Crippen molar-refractivity contribution in [3.63, 3.8) is 0 Å². The van der Waals surface area contributed by atoms with Crippen molar-refractivity contribution in [3.05, 3.63) is 30.6 Å². The summed E-state index contributed by atoms with van der Waals surface area (Å²) in [6.45, 7) is 2.84. The van der Waals surface area contributed by atoms with Crippen LogP contribution in [0.1, 0.15) is 25.8 Å². The summed E-state index contributed by atoms with van der Waals surface area (Å²) in [7, 11) is 0. The fraction of sp³-hybridized carbons (Fsp3) is 0.500. The number of aliphatic hydroxyl groups excluding tert-OH is 1. The van der Waals surface area contributed by atoms with Crippen molar-refractivity contribution in [2.75, 3.05) is 19.0 Å². The van der Waals surface area contributed by atoms with Crippen molar-refractivity contribution in [3.8, 4) is 11.5 Å². The molecule has 1 aromatic heterocycles. The fourth-order valence-corrected chi connectivity index (χ4v) is 3.04. The van der Waals surface area contributed by atoms with Crippen LogP contribution in [0.4, 0.5) is 0 Å². The smallest absolute Gasteiger partial charge is 0.191 e. The van der Waals surface area contributed by atoms with E-state index in [0.717, 1.165) is 16.7 Å². The van der Waals surface area contributed by atoms with Crippen LogP contribution in [0.3, 0.4) is 0 Å². The summed E-state index contributed by atoms with van der Waals surface area (Å²) in [6, 6.07) is 7.95. The predicted molar refractivity (Wildman–Crippen MR) is 88.1 cm³/mol. The van der Waals surface area contributed by atoms with Gasteiger partial charge in [0.05, 0.1) is 12.7 Å². The van der Waals surface area contributed by atoms with Gasteiger partial charge in [-0.1, -0.05) is 11.8 Å². The highest BCUT2D eigenvalue weighted by Gasteiger charge is 2.26. The molecule has 1 heterocycles. The van der Waals surface area contributed by atoms with Crippen LogP contribution in [0.15, 0.2) is 35.7 Å². The molecule has 0 bridgehead atoms. The summed E-state index contributed by atoms with van der Waals surface area (Å²) in [5.41, 5.74) is 0. The predicted octanol–water partition coefficient (Wildman–Crippen LogP) is 2.54. The maximum Gasteiger partial charge on any atom is 0.191 e. The Labute approximate surface area is 139 Å². The van der Waals surface area contributed by atoms with E-state index < -0.39 is 6.10 Å². The first-order valence-corrected chi connectivity index (χ1v) is 8.81. The molecule has 7 heteroatoms. The Morgan fingerprint density at radius 1 is 1.26 bits per heavy atom. The molecule has 1 aliphatic carbocycles. The maximum absolute atomic E-state index is 10.1. The maximum atomic E-state index is 10.1. The number of nitrogens with zero attached hydrogens (tertiary/aromatic N) is 3.